The number of allylic oxidation sites excluding steroid dienone is 1. The van der Waals surface area contributed by atoms with E-state index in [2.05, 4.69) is 10.2 Å². The zero-order valence-corrected chi connectivity index (χ0v) is 12.9. The second-order valence-corrected chi connectivity index (χ2v) is 6.04. The number of aliphatic hydroxyl groups is 2. The molecule has 1 aliphatic carbocycles. The van der Waals surface area contributed by atoms with Crippen LogP contribution in [0.25, 0.3) is 16.7 Å². The summed E-state index contributed by atoms with van der Waals surface area (Å²) in [6.07, 6.45) is 4.96. The van der Waals surface area contributed by atoms with Crippen LogP contribution in [-0.2, 0) is 0 Å². The average Bonchev–Trinajstić information content (AvgIpc) is 2.93. The van der Waals surface area contributed by atoms with Crippen LogP contribution in [0.1, 0.15) is 26.7 Å². The molecule has 1 aromatic heterocycles. The van der Waals surface area contributed by atoms with E-state index in [1.165, 1.54) is 4.80 Å². The van der Waals surface area contributed by atoms with Gasteiger partial charge in [0.05, 0.1) is 5.70 Å². The van der Waals surface area contributed by atoms with E-state index in [0.717, 1.165) is 16.6 Å². The molecule has 116 valence electrons. The van der Waals surface area contributed by atoms with Crippen molar-refractivity contribution in [2.45, 2.75) is 32.3 Å². The molecule has 5 heteroatoms. The number of aliphatic hydroxyl groups excluding tert-OH is 1. The van der Waals surface area contributed by atoms with Crippen LogP contribution in [0, 0.1) is 5.92 Å². The maximum Gasteiger partial charge on any atom is 0.114 e. The summed E-state index contributed by atoms with van der Waals surface area (Å²) in [5.74, 6) is 0.0276. The number of aromatic nitrogens is 3. The van der Waals surface area contributed by atoms with Gasteiger partial charge in [-0.15, -0.1) is 10.2 Å². The van der Waals surface area contributed by atoms with E-state index < -0.39 is 5.60 Å². The van der Waals surface area contributed by atoms with Crippen LogP contribution in [0.5, 0.6) is 0 Å². The summed E-state index contributed by atoms with van der Waals surface area (Å²) >= 11 is 0. The first-order valence-corrected chi connectivity index (χ1v) is 7.61. The van der Waals surface area contributed by atoms with Crippen LogP contribution in [0.15, 0.2) is 42.0 Å². The van der Waals surface area contributed by atoms with Gasteiger partial charge in [-0.3, -0.25) is 0 Å². The molecule has 0 spiro atoms. The van der Waals surface area contributed by atoms with Crippen molar-refractivity contribution in [2.75, 3.05) is 6.61 Å². The van der Waals surface area contributed by atoms with Gasteiger partial charge in [-0.1, -0.05) is 32.1 Å². The Kier molecular flexibility index (Phi) is 3.85. The van der Waals surface area contributed by atoms with Crippen molar-refractivity contribution in [3.63, 3.8) is 0 Å². The van der Waals surface area contributed by atoms with Crippen molar-refractivity contribution in [1.29, 1.82) is 0 Å². The summed E-state index contributed by atoms with van der Waals surface area (Å²) in [6.45, 7) is 4.06. The zero-order valence-electron chi connectivity index (χ0n) is 12.9. The Labute approximate surface area is 129 Å². The molecule has 0 fully saturated rings. The minimum atomic E-state index is -1.01. The number of benzene rings is 1. The Hall–Kier alpha value is -1.98. The predicted molar refractivity (Wildman–Crippen MR) is 86.0 cm³/mol. The first-order valence-electron chi connectivity index (χ1n) is 7.61. The van der Waals surface area contributed by atoms with E-state index >= 15 is 0 Å². The van der Waals surface area contributed by atoms with Gasteiger partial charge in [0.15, 0.2) is 0 Å². The Morgan fingerprint density at radius 1 is 1.23 bits per heavy atom. The maximum atomic E-state index is 11.1. The monoisotopic (exact) mass is 299 g/mol. The van der Waals surface area contributed by atoms with Gasteiger partial charge >= 0.3 is 0 Å². The third-order valence-electron chi connectivity index (χ3n) is 4.30. The van der Waals surface area contributed by atoms with Gasteiger partial charge < -0.3 is 10.2 Å². The minimum absolute atomic E-state index is 0.0276. The highest BCUT2D eigenvalue weighted by molar-refractivity contribution is 5.74. The number of hydrogen-bond donors (Lipinski definition) is 2. The molecule has 3 rings (SSSR count). The van der Waals surface area contributed by atoms with Crippen molar-refractivity contribution in [1.82, 2.24) is 15.0 Å². The summed E-state index contributed by atoms with van der Waals surface area (Å²) in [4.78, 5) is 1.54. The van der Waals surface area contributed by atoms with E-state index in [0.29, 0.717) is 18.5 Å². The van der Waals surface area contributed by atoms with Gasteiger partial charge in [-0.25, -0.2) is 0 Å². The minimum Gasteiger partial charge on any atom is -0.396 e. The van der Waals surface area contributed by atoms with Gasteiger partial charge in [-0.05, 0) is 36.1 Å². The van der Waals surface area contributed by atoms with Gasteiger partial charge in [0.25, 0.3) is 0 Å². The van der Waals surface area contributed by atoms with Crippen molar-refractivity contribution >= 4 is 16.7 Å². The largest absolute Gasteiger partial charge is 0.396 e. The van der Waals surface area contributed by atoms with Crippen LogP contribution < -0.4 is 0 Å². The number of fused-ring (bicyclic) bond motifs is 1. The van der Waals surface area contributed by atoms with E-state index in [4.69, 9.17) is 5.11 Å². The molecule has 5 nitrogen and oxygen atoms in total. The van der Waals surface area contributed by atoms with E-state index in [1.54, 1.807) is 0 Å². The lowest BCUT2D eigenvalue weighted by Crippen LogP contribution is -2.40. The summed E-state index contributed by atoms with van der Waals surface area (Å²) < 4.78 is 0. The average molecular weight is 299 g/mol. The standard InChI is InChI=1S/C17H21N3O2/c1-12(2)17(22)9-7-13(8-10-21)11-16(17)20-18-14-5-3-4-6-15(14)19-20/h3-7,11-12,21-22H,8-10H2,1-2H3. The molecule has 0 aliphatic heterocycles. The highest BCUT2D eigenvalue weighted by atomic mass is 16.3. The molecule has 1 aliphatic rings. The Balaban J connectivity index is 2.10. The van der Waals surface area contributed by atoms with Gasteiger partial charge in [0, 0.05) is 13.0 Å². The number of nitrogens with zero attached hydrogens (tertiary/aromatic N) is 3. The molecule has 2 N–H and O–H groups in total. The van der Waals surface area contributed by atoms with Crippen LogP contribution in [0.3, 0.4) is 0 Å². The van der Waals surface area contributed by atoms with Crippen LogP contribution in [0.2, 0.25) is 0 Å². The molecular formula is C17H21N3O2. The predicted octanol–water partition coefficient (Wildman–Crippen LogP) is 2.37. The molecular weight excluding hydrogens is 278 g/mol. The smallest absolute Gasteiger partial charge is 0.114 e. The second kappa shape index (κ2) is 5.66. The van der Waals surface area contributed by atoms with E-state index in [-0.39, 0.29) is 12.5 Å². The molecule has 22 heavy (non-hydrogen) atoms. The third-order valence-corrected chi connectivity index (χ3v) is 4.30. The first kappa shape index (κ1) is 14.9. The van der Waals surface area contributed by atoms with Gasteiger partial charge in [0.1, 0.15) is 16.6 Å². The molecule has 1 atom stereocenters. The molecule has 1 unspecified atom stereocenters. The zero-order chi connectivity index (χ0) is 15.7. The van der Waals surface area contributed by atoms with E-state index in [9.17, 15) is 5.11 Å². The summed E-state index contributed by atoms with van der Waals surface area (Å²) in [7, 11) is 0. The topological polar surface area (TPSA) is 71.2 Å². The lowest BCUT2D eigenvalue weighted by molar-refractivity contribution is 0.0478. The Morgan fingerprint density at radius 3 is 2.41 bits per heavy atom. The van der Waals surface area contributed by atoms with Crippen molar-refractivity contribution in [3.05, 3.63) is 42.0 Å². The SMILES string of the molecule is CC(C)C1(O)CC=C(CCO)C=C1n1nc2ccccc2n1. The van der Waals surface area contributed by atoms with Crippen LogP contribution >= 0.6 is 0 Å². The first-order chi connectivity index (χ1) is 10.5. The number of rotatable bonds is 4. The number of hydrogen-bond acceptors (Lipinski definition) is 4. The highest BCUT2D eigenvalue weighted by Crippen LogP contribution is 2.37. The van der Waals surface area contributed by atoms with Crippen molar-refractivity contribution in [3.8, 4) is 0 Å². The summed E-state index contributed by atoms with van der Waals surface area (Å²) in [5.41, 5.74) is 2.27. The quantitative estimate of drug-likeness (QED) is 0.909. The maximum absolute atomic E-state index is 11.1. The molecule has 0 amide bonds. The Bertz CT molecular complexity index is 712. The fourth-order valence-corrected chi connectivity index (χ4v) is 2.78. The van der Waals surface area contributed by atoms with Crippen LogP contribution in [0.4, 0.5) is 0 Å². The van der Waals surface area contributed by atoms with Crippen molar-refractivity contribution in [2.24, 2.45) is 5.92 Å². The molecule has 2 aromatic rings. The van der Waals surface area contributed by atoms with Gasteiger partial charge in [0.2, 0.25) is 0 Å². The summed E-state index contributed by atoms with van der Waals surface area (Å²) in [6, 6.07) is 7.65. The molecule has 0 saturated heterocycles. The normalized spacial score (nSPS) is 22.0. The van der Waals surface area contributed by atoms with Crippen molar-refractivity contribution < 1.29 is 10.2 Å². The summed E-state index contributed by atoms with van der Waals surface area (Å²) in [5, 5.41) is 29.2. The second-order valence-electron chi connectivity index (χ2n) is 6.04. The highest BCUT2D eigenvalue weighted by Gasteiger charge is 2.38. The Morgan fingerprint density at radius 2 is 1.86 bits per heavy atom. The third kappa shape index (κ3) is 2.46. The molecule has 1 heterocycles. The molecule has 0 saturated carbocycles. The molecule has 0 radical (unpaired) electrons. The van der Waals surface area contributed by atoms with Crippen LogP contribution in [-0.4, -0.2) is 37.4 Å². The molecule has 0 bridgehead atoms. The fraction of sp³-hybridized carbons (Fsp3) is 0.412. The molecule has 1 aromatic carbocycles. The van der Waals surface area contributed by atoms with Gasteiger partial charge in [-0.2, -0.15) is 4.80 Å². The lowest BCUT2D eigenvalue weighted by Gasteiger charge is -2.35. The fourth-order valence-electron chi connectivity index (χ4n) is 2.78. The van der Waals surface area contributed by atoms with E-state index in [1.807, 2.05) is 50.3 Å². The lowest BCUT2D eigenvalue weighted by atomic mass is 9.79.